The first-order chi connectivity index (χ1) is 9.54. The second-order valence-corrected chi connectivity index (χ2v) is 5.45. The van der Waals surface area contributed by atoms with Crippen LogP contribution in [0.3, 0.4) is 0 Å². The summed E-state index contributed by atoms with van der Waals surface area (Å²) in [5.41, 5.74) is 6.74. The molecule has 1 heterocycles. The number of nitrogens with two attached hydrogens (primary N) is 1. The standard InChI is InChI=1S/C12H13ClN4O2S/c1-7-16-17-12(19-7)20-5-4-11(18)15-10-6-8(13)2-3-9(10)14/h2-3,6H,4-5,14H2,1H3,(H,15,18). The molecule has 0 aliphatic rings. The number of thioether (sulfide) groups is 1. The Hall–Kier alpha value is -1.73. The van der Waals surface area contributed by atoms with E-state index >= 15 is 0 Å². The quantitative estimate of drug-likeness (QED) is 0.651. The van der Waals surface area contributed by atoms with Gasteiger partial charge in [-0.25, -0.2) is 0 Å². The van der Waals surface area contributed by atoms with Crippen LogP contribution in [-0.4, -0.2) is 21.9 Å². The van der Waals surface area contributed by atoms with Crippen LogP contribution in [0.1, 0.15) is 12.3 Å². The van der Waals surface area contributed by atoms with Crippen molar-refractivity contribution < 1.29 is 9.21 Å². The minimum atomic E-state index is -0.150. The summed E-state index contributed by atoms with van der Waals surface area (Å²) >= 11 is 7.18. The number of hydrogen-bond donors (Lipinski definition) is 2. The Balaban J connectivity index is 1.82. The van der Waals surface area contributed by atoms with Crippen molar-refractivity contribution in [1.82, 2.24) is 10.2 Å². The first-order valence-corrected chi connectivity index (χ1v) is 7.19. The van der Waals surface area contributed by atoms with Gasteiger partial charge in [0.2, 0.25) is 11.8 Å². The number of anilines is 2. The van der Waals surface area contributed by atoms with Crippen molar-refractivity contribution in [3.8, 4) is 0 Å². The third-order valence-corrected chi connectivity index (χ3v) is 3.41. The highest BCUT2D eigenvalue weighted by Gasteiger charge is 2.08. The van der Waals surface area contributed by atoms with E-state index in [0.29, 0.717) is 39.7 Å². The summed E-state index contributed by atoms with van der Waals surface area (Å²) in [6.07, 6.45) is 0.304. The molecule has 8 heteroatoms. The molecule has 2 aromatic rings. The third kappa shape index (κ3) is 4.14. The second-order valence-electron chi connectivity index (χ2n) is 3.97. The molecule has 2 rings (SSSR count). The van der Waals surface area contributed by atoms with Crippen LogP contribution in [0.5, 0.6) is 0 Å². The van der Waals surface area contributed by atoms with Gasteiger partial charge in [-0.3, -0.25) is 4.79 Å². The van der Waals surface area contributed by atoms with Gasteiger partial charge >= 0.3 is 0 Å². The maximum Gasteiger partial charge on any atom is 0.276 e. The zero-order chi connectivity index (χ0) is 14.5. The molecule has 0 spiro atoms. The van der Waals surface area contributed by atoms with Crippen molar-refractivity contribution in [3.05, 3.63) is 29.1 Å². The minimum Gasteiger partial charge on any atom is -0.416 e. The number of nitrogens with one attached hydrogen (secondary N) is 1. The fourth-order valence-corrected chi connectivity index (χ4v) is 2.33. The Morgan fingerprint density at radius 3 is 3.00 bits per heavy atom. The average Bonchev–Trinajstić information content (AvgIpc) is 2.80. The van der Waals surface area contributed by atoms with Crippen molar-refractivity contribution in [2.45, 2.75) is 18.6 Å². The van der Waals surface area contributed by atoms with Gasteiger partial charge in [0.15, 0.2) is 0 Å². The van der Waals surface area contributed by atoms with Gasteiger partial charge in [-0.05, 0) is 18.2 Å². The van der Waals surface area contributed by atoms with Crippen molar-refractivity contribution in [2.24, 2.45) is 0 Å². The zero-order valence-electron chi connectivity index (χ0n) is 10.7. The molecule has 0 atom stereocenters. The summed E-state index contributed by atoms with van der Waals surface area (Å²) < 4.78 is 5.19. The van der Waals surface area contributed by atoms with Crippen molar-refractivity contribution >= 4 is 40.6 Å². The normalized spacial score (nSPS) is 10.5. The fraction of sp³-hybridized carbons (Fsp3) is 0.250. The van der Waals surface area contributed by atoms with Crippen LogP contribution in [0.2, 0.25) is 5.02 Å². The highest BCUT2D eigenvalue weighted by molar-refractivity contribution is 7.99. The van der Waals surface area contributed by atoms with E-state index in [1.165, 1.54) is 11.8 Å². The number of aryl methyl sites for hydroxylation is 1. The molecule has 3 N–H and O–H groups in total. The lowest BCUT2D eigenvalue weighted by Gasteiger charge is -2.08. The van der Waals surface area contributed by atoms with Crippen LogP contribution in [0.4, 0.5) is 11.4 Å². The summed E-state index contributed by atoms with van der Waals surface area (Å²) in [5.74, 6) is 0.889. The highest BCUT2D eigenvalue weighted by Crippen LogP contribution is 2.23. The van der Waals surface area contributed by atoms with Gasteiger partial charge in [0, 0.05) is 24.1 Å². The Bertz CT molecular complexity index is 617. The molecule has 0 saturated heterocycles. The topological polar surface area (TPSA) is 94.0 Å². The van der Waals surface area contributed by atoms with E-state index in [0.717, 1.165) is 0 Å². The molecule has 1 aromatic carbocycles. The van der Waals surface area contributed by atoms with Crippen LogP contribution in [0, 0.1) is 6.92 Å². The predicted molar refractivity (Wildman–Crippen MR) is 78.9 cm³/mol. The Labute approximate surface area is 125 Å². The van der Waals surface area contributed by atoms with Gasteiger partial charge in [0.1, 0.15) is 0 Å². The number of rotatable bonds is 5. The van der Waals surface area contributed by atoms with Crippen molar-refractivity contribution in [1.29, 1.82) is 0 Å². The largest absolute Gasteiger partial charge is 0.416 e. The minimum absolute atomic E-state index is 0.150. The molecule has 6 nitrogen and oxygen atoms in total. The Kier molecular flexibility index (Phi) is 4.86. The summed E-state index contributed by atoms with van der Waals surface area (Å²) in [6.45, 7) is 1.71. The maximum atomic E-state index is 11.8. The number of carbonyl (C=O) groups excluding carboxylic acids is 1. The molecule has 0 fully saturated rings. The Morgan fingerprint density at radius 1 is 1.50 bits per heavy atom. The zero-order valence-corrected chi connectivity index (χ0v) is 12.3. The van der Waals surface area contributed by atoms with Crippen LogP contribution in [0.25, 0.3) is 0 Å². The van der Waals surface area contributed by atoms with Crippen molar-refractivity contribution in [2.75, 3.05) is 16.8 Å². The van der Waals surface area contributed by atoms with E-state index in [1.54, 1.807) is 25.1 Å². The number of carbonyl (C=O) groups is 1. The average molecular weight is 313 g/mol. The molecule has 0 bridgehead atoms. The molecule has 0 saturated carbocycles. The maximum absolute atomic E-state index is 11.8. The fourth-order valence-electron chi connectivity index (χ4n) is 1.42. The molecule has 106 valence electrons. The van der Waals surface area contributed by atoms with Crippen LogP contribution in [-0.2, 0) is 4.79 Å². The number of hydrogen-bond acceptors (Lipinski definition) is 6. The number of aromatic nitrogens is 2. The molecule has 1 amide bonds. The Morgan fingerprint density at radius 2 is 2.30 bits per heavy atom. The number of nitrogens with zero attached hydrogens (tertiary/aromatic N) is 2. The van der Waals surface area contributed by atoms with E-state index in [4.69, 9.17) is 21.8 Å². The molecular formula is C12H13ClN4O2S. The number of halogens is 1. The highest BCUT2D eigenvalue weighted by atomic mass is 35.5. The monoisotopic (exact) mass is 312 g/mol. The first kappa shape index (κ1) is 14.7. The molecule has 0 radical (unpaired) electrons. The van der Waals surface area contributed by atoms with E-state index in [1.807, 2.05) is 0 Å². The van der Waals surface area contributed by atoms with Crippen LogP contribution >= 0.6 is 23.4 Å². The van der Waals surface area contributed by atoms with Crippen LogP contribution < -0.4 is 11.1 Å². The summed E-state index contributed by atoms with van der Waals surface area (Å²) in [4.78, 5) is 11.8. The lowest BCUT2D eigenvalue weighted by atomic mass is 10.2. The van der Waals surface area contributed by atoms with E-state index in [2.05, 4.69) is 15.5 Å². The molecule has 0 unspecified atom stereocenters. The molecule has 1 aromatic heterocycles. The second kappa shape index (κ2) is 6.62. The van der Waals surface area contributed by atoms with E-state index in [9.17, 15) is 4.79 Å². The molecular weight excluding hydrogens is 300 g/mol. The van der Waals surface area contributed by atoms with Gasteiger partial charge in [-0.1, -0.05) is 23.4 Å². The lowest BCUT2D eigenvalue weighted by Crippen LogP contribution is -2.13. The molecule has 20 heavy (non-hydrogen) atoms. The smallest absolute Gasteiger partial charge is 0.276 e. The number of benzene rings is 1. The first-order valence-electron chi connectivity index (χ1n) is 5.82. The van der Waals surface area contributed by atoms with Gasteiger partial charge in [-0.15, -0.1) is 10.2 Å². The summed E-state index contributed by atoms with van der Waals surface area (Å²) in [5, 5.41) is 11.2. The summed E-state index contributed by atoms with van der Waals surface area (Å²) in [7, 11) is 0. The number of nitrogen functional groups attached to an aromatic ring is 1. The summed E-state index contributed by atoms with van der Waals surface area (Å²) in [6, 6.07) is 4.93. The number of amides is 1. The molecule has 0 aliphatic carbocycles. The van der Waals surface area contributed by atoms with Crippen molar-refractivity contribution in [3.63, 3.8) is 0 Å². The molecule has 0 aliphatic heterocycles. The predicted octanol–water partition coefficient (Wildman–Crippen LogP) is 2.73. The van der Waals surface area contributed by atoms with Gasteiger partial charge < -0.3 is 15.5 Å². The van der Waals surface area contributed by atoms with E-state index < -0.39 is 0 Å². The van der Waals surface area contributed by atoms with Gasteiger partial charge in [0.25, 0.3) is 5.22 Å². The SMILES string of the molecule is Cc1nnc(SCCC(=O)Nc2cc(Cl)ccc2N)o1. The van der Waals surface area contributed by atoms with Crippen LogP contribution in [0.15, 0.2) is 27.8 Å². The lowest BCUT2D eigenvalue weighted by molar-refractivity contribution is -0.115. The van der Waals surface area contributed by atoms with Gasteiger partial charge in [0.05, 0.1) is 11.4 Å². The third-order valence-electron chi connectivity index (χ3n) is 2.35. The van der Waals surface area contributed by atoms with E-state index in [-0.39, 0.29) is 5.91 Å². The van der Waals surface area contributed by atoms with Gasteiger partial charge in [-0.2, -0.15) is 0 Å².